The summed E-state index contributed by atoms with van der Waals surface area (Å²) in [5.74, 6) is -5.69. The van der Waals surface area contributed by atoms with Crippen molar-refractivity contribution < 1.29 is 57.5 Å². The van der Waals surface area contributed by atoms with Crippen LogP contribution in [0.1, 0.15) is 21.0 Å². The SMILES string of the molecule is O=C(O)c1[c-]c(-c2cc(F)cc(F)c2-c2ccccn2)ccn1.O=C(O)c1[c-]c(-c2cc(F)cc(F)c2-c2ccccn2)ccn1.[Ir]. The Balaban J connectivity index is 0.000000208. The second-order valence-electron chi connectivity index (χ2n) is 9.32. The molecule has 4 heterocycles. The van der Waals surface area contributed by atoms with E-state index < -0.39 is 35.2 Å². The van der Waals surface area contributed by atoms with Gasteiger partial charge < -0.3 is 19.8 Å². The van der Waals surface area contributed by atoms with Gasteiger partial charge in [0, 0.05) is 55.8 Å². The smallest absolute Gasteiger partial charge is 0.275 e. The number of carboxylic acid groups (broad SMARTS) is 2. The van der Waals surface area contributed by atoms with Crippen LogP contribution in [0.5, 0.6) is 0 Å². The second-order valence-corrected chi connectivity index (χ2v) is 9.32. The molecule has 237 valence electrons. The van der Waals surface area contributed by atoms with Gasteiger partial charge in [-0.2, -0.15) is 0 Å². The Hall–Kier alpha value is -5.65. The minimum Gasteiger partial charge on any atom is -0.519 e. The van der Waals surface area contributed by atoms with Crippen molar-refractivity contribution in [3.63, 3.8) is 0 Å². The van der Waals surface area contributed by atoms with Crippen molar-refractivity contribution in [2.75, 3.05) is 0 Å². The fraction of sp³-hybridized carbons (Fsp3) is 0. The largest absolute Gasteiger partial charge is 0.519 e. The summed E-state index contributed by atoms with van der Waals surface area (Å²) in [4.78, 5) is 37.5. The Labute approximate surface area is 277 Å². The van der Waals surface area contributed by atoms with E-state index in [-0.39, 0.29) is 64.9 Å². The first-order valence-electron chi connectivity index (χ1n) is 13.2. The average Bonchev–Trinajstić information content (AvgIpc) is 3.05. The molecule has 0 amide bonds. The molecule has 0 aliphatic heterocycles. The van der Waals surface area contributed by atoms with Crippen LogP contribution in [0.25, 0.3) is 44.8 Å². The Morgan fingerprint density at radius 2 is 0.957 bits per heavy atom. The van der Waals surface area contributed by atoms with Gasteiger partial charge in [0.05, 0.1) is 22.8 Å². The number of aromatic nitrogens is 4. The molecule has 6 aromatic rings. The van der Waals surface area contributed by atoms with Gasteiger partial charge in [0.1, 0.15) is 23.3 Å². The molecule has 0 aliphatic rings. The molecule has 6 rings (SSSR count). The molecule has 0 spiro atoms. The average molecular weight is 815 g/mol. The van der Waals surface area contributed by atoms with Gasteiger partial charge in [-0.15, -0.1) is 35.4 Å². The van der Waals surface area contributed by atoms with Crippen LogP contribution in [0.15, 0.2) is 97.6 Å². The van der Waals surface area contributed by atoms with Gasteiger partial charge in [-0.1, -0.05) is 35.4 Å². The molecule has 2 aromatic carbocycles. The van der Waals surface area contributed by atoms with E-state index in [4.69, 9.17) is 10.2 Å². The fourth-order valence-electron chi connectivity index (χ4n) is 4.42. The first kappa shape index (κ1) is 34.2. The van der Waals surface area contributed by atoms with Crippen LogP contribution < -0.4 is 0 Å². The normalized spacial score (nSPS) is 10.3. The van der Waals surface area contributed by atoms with Crippen molar-refractivity contribution >= 4 is 11.9 Å². The quantitative estimate of drug-likeness (QED) is 0.134. The zero-order chi connectivity index (χ0) is 32.8. The number of carboxylic acids is 2. The van der Waals surface area contributed by atoms with Gasteiger partial charge in [0.15, 0.2) is 0 Å². The van der Waals surface area contributed by atoms with Crippen molar-refractivity contribution in [1.29, 1.82) is 0 Å². The minimum absolute atomic E-state index is 0. The van der Waals surface area contributed by atoms with Crippen molar-refractivity contribution in [3.8, 4) is 44.8 Å². The van der Waals surface area contributed by atoms with Gasteiger partial charge in [-0.3, -0.25) is 19.9 Å². The Kier molecular flexibility index (Phi) is 11.0. The molecule has 47 heavy (non-hydrogen) atoms. The Morgan fingerprint density at radius 3 is 1.30 bits per heavy atom. The van der Waals surface area contributed by atoms with Crippen molar-refractivity contribution in [2.45, 2.75) is 0 Å². The molecule has 0 bridgehead atoms. The maximum absolute atomic E-state index is 14.3. The van der Waals surface area contributed by atoms with E-state index in [0.29, 0.717) is 11.4 Å². The molecule has 8 nitrogen and oxygen atoms in total. The van der Waals surface area contributed by atoms with Crippen molar-refractivity contribution in [3.05, 3.63) is 144 Å². The van der Waals surface area contributed by atoms with E-state index in [1.165, 1.54) is 36.9 Å². The van der Waals surface area contributed by atoms with Crippen LogP contribution >= 0.6 is 0 Å². The Morgan fingerprint density at radius 1 is 0.553 bits per heavy atom. The first-order valence-corrected chi connectivity index (χ1v) is 13.2. The number of aromatic carboxylic acids is 2. The molecular formula is C34H18F4IrN4O4-2. The number of pyridine rings is 4. The van der Waals surface area contributed by atoms with Crippen LogP contribution in [0.2, 0.25) is 0 Å². The molecule has 0 aliphatic carbocycles. The molecule has 0 saturated heterocycles. The number of carbonyl (C=O) groups is 2. The number of hydrogen-bond acceptors (Lipinski definition) is 6. The third-order valence-corrected chi connectivity index (χ3v) is 6.33. The summed E-state index contributed by atoms with van der Waals surface area (Å²) in [6.07, 6.45) is 5.47. The van der Waals surface area contributed by atoms with Gasteiger partial charge >= 0.3 is 0 Å². The molecule has 2 N–H and O–H groups in total. The third kappa shape index (κ3) is 7.96. The van der Waals surface area contributed by atoms with Crippen molar-refractivity contribution in [2.24, 2.45) is 0 Å². The molecule has 1 radical (unpaired) electrons. The summed E-state index contributed by atoms with van der Waals surface area (Å²) < 4.78 is 56.0. The molecular weight excluding hydrogens is 797 g/mol. The number of halogens is 4. The molecule has 0 atom stereocenters. The van der Waals surface area contributed by atoms with E-state index in [1.807, 2.05) is 0 Å². The predicted molar refractivity (Wildman–Crippen MR) is 157 cm³/mol. The summed E-state index contributed by atoms with van der Waals surface area (Å²) in [5.41, 5.74) is 0.851. The molecule has 0 saturated carbocycles. The number of benzene rings is 2. The maximum Gasteiger partial charge on any atom is 0.275 e. The maximum atomic E-state index is 14.3. The van der Waals surface area contributed by atoms with Gasteiger partial charge in [-0.05, 0) is 36.7 Å². The Bertz CT molecular complexity index is 1920. The van der Waals surface area contributed by atoms with Crippen LogP contribution in [0.3, 0.4) is 0 Å². The summed E-state index contributed by atoms with van der Waals surface area (Å²) in [6, 6.07) is 21.6. The molecule has 13 heteroatoms. The van der Waals surface area contributed by atoms with Crippen LogP contribution in [0.4, 0.5) is 17.6 Å². The van der Waals surface area contributed by atoms with E-state index in [2.05, 4.69) is 32.1 Å². The van der Waals surface area contributed by atoms with E-state index in [1.54, 1.807) is 36.4 Å². The fourth-order valence-corrected chi connectivity index (χ4v) is 4.42. The summed E-state index contributed by atoms with van der Waals surface area (Å²) in [5, 5.41) is 18.0. The zero-order valence-electron chi connectivity index (χ0n) is 23.6. The minimum atomic E-state index is -1.27. The monoisotopic (exact) mass is 815 g/mol. The van der Waals surface area contributed by atoms with Crippen LogP contribution in [0, 0.1) is 35.4 Å². The van der Waals surface area contributed by atoms with Gasteiger partial charge in [-0.25, -0.2) is 17.6 Å². The number of nitrogens with zero attached hydrogens (tertiary/aromatic N) is 4. The standard InChI is InChI=1S/2C17H9F2N2O2.Ir/c2*18-11-8-12(10-4-6-21-15(7-10)17(22)23)16(13(19)9-11)14-3-1-2-5-20-14;/h2*1-6,8-9H,(H,22,23);/q2*-1;. The summed E-state index contributed by atoms with van der Waals surface area (Å²) in [6.45, 7) is 0. The second kappa shape index (κ2) is 15.1. The van der Waals surface area contributed by atoms with Crippen molar-refractivity contribution in [1.82, 2.24) is 19.9 Å². The van der Waals surface area contributed by atoms with Crippen LogP contribution in [-0.4, -0.2) is 42.1 Å². The van der Waals surface area contributed by atoms with E-state index in [9.17, 15) is 27.2 Å². The molecule has 0 unspecified atom stereocenters. The summed E-state index contributed by atoms with van der Waals surface area (Å²) >= 11 is 0. The summed E-state index contributed by atoms with van der Waals surface area (Å²) in [7, 11) is 0. The van der Waals surface area contributed by atoms with Gasteiger partial charge in [0.25, 0.3) is 11.9 Å². The molecule has 4 aromatic heterocycles. The predicted octanol–water partition coefficient (Wildman–Crippen LogP) is 7.17. The topological polar surface area (TPSA) is 126 Å². The van der Waals surface area contributed by atoms with Gasteiger partial charge in [0.2, 0.25) is 0 Å². The van der Waals surface area contributed by atoms with E-state index in [0.717, 1.165) is 24.3 Å². The number of hydrogen-bond donors (Lipinski definition) is 2. The zero-order valence-corrected chi connectivity index (χ0v) is 26.0. The third-order valence-electron chi connectivity index (χ3n) is 6.33. The molecule has 0 fully saturated rings. The van der Waals surface area contributed by atoms with E-state index >= 15 is 0 Å². The van der Waals surface area contributed by atoms with Crippen LogP contribution in [-0.2, 0) is 20.1 Å². The number of rotatable bonds is 6. The first-order chi connectivity index (χ1) is 22.1.